The Kier molecular flexibility index (Phi) is 3.94. The van der Waals surface area contributed by atoms with Crippen LogP contribution in [-0.4, -0.2) is 5.11 Å². The lowest BCUT2D eigenvalue weighted by Gasteiger charge is -2.21. The zero-order valence-electron chi connectivity index (χ0n) is 44.9. The van der Waals surface area contributed by atoms with E-state index in [1.807, 2.05) is 0 Å². The zero-order valence-corrected chi connectivity index (χ0v) is 26.9. The maximum atomic E-state index is 12.8. The Labute approximate surface area is 326 Å². The van der Waals surface area contributed by atoms with E-state index in [1.54, 1.807) is 78.9 Å². The van der Waals surface area contributed by atoms with Crippen molar-refractivity contribution in [3.63, 3.8) is 0 Å². The maximum Gasteiger partial charge on any atom is 0.136 e. The average molecular weight is 683 g/mol. The number of furan rings is 1. The monoisotopic (exact) mass is 682 g/mol. The number of hydrogen-bond acceptors (Lipinski definition) is 2. The van der Waals surface area contributed by atoms with Crippen LogP contribution in [0.15, 0.2) is 192 Å². The quantitative estimate of drug-likeness (QED) is 0.183. The van der Waals surface area contributed by atoms with Gasteiger partial charge in [-0.05, 0) is 84.7 Å². The number of aromatic hydroxyl groups is 1. The Morgan fingerprint density at radius 1 is 0.385 bits per heavy atom. The van der Waals surface area contributed by atoms with Crippen LogP contribution in [0.1, 0.15) is 24.7 Å². The molecule has 0 saturated carbocycles. The van der Waals surface area contributed by atoms with Crippen LogP contribution in [0.5, 0.6) is 5.75 Å². The summed E-state index contributed by atoms with van der Waals surface area (Å²) in [5, 5.41) is 13.8. The van der Waals surface area contributed by atoms with Gasteiger partial charge in [-0.1, -0.05) is 163 Å². The summed E-state index contributed by atoms with van der Waals surface area (Å²) in [7, 11) is 0. The fourth-order valence-electron chi connectivity index (χ4n) is 6.93. The van der Waals surface area contributed by atoms with Crippen molar-refractivity contribution >= 4 is 43.5 Å². The van der Waals surface area contributed by atoms with Gasteiger partial charge in [0.25, 0.3) is 0 Å². The molecule has 0 aliphatic rings. The molecule has 9 aromatic carbocycles. The summed E-state index contributed by atoms with van der Waals surface area (Å²) in [6.07, 6.45) is 0. The van der Waals surface area contributed by atoms with Crippen molar-refractivity contribution in [2.75, 3.05) is 0 Å². The van der Waals surface area contributed by atoms with Crippen molar-refractivity contribution in [1.82, 2.24) is 0 Å². The molecular formula is C50H32O2. The Morgan fingerprint density at radius 2 is 0.962 bits per heavy atom. The van der Waals surface area contributed by atoms with Crippen LogP contribution in [0, 0.1) is 0 Å². The number of phenols is 1. The third-order valence-electron chi connectivity index (χ3n) is 9.10. The molecule has 1 aromatic heterocycles. The molecule has 10 rings (SSSR count). The lowest BCUT2D eigenvalue weighted by Crippen LogP contribution is -1.94. The van der Waals surface area contributed by atoms with E-state index in [0.29, 0.717) is 27.1 Å². The number of benzene rings is 9. The molecule has 0 unspecified atom stereocenters. The normalized spacial score (nSPS) is 16.4. The Morgan fingerprint density at radius 3 is 1.62 bits per heavy atom. The van der Waals surface area contributed by atoms with E-state index < -0.39 is 131 Å². The highest BCUT2D eigenvalue weighted by molar-refractivity contribution is 6.26. The largest absolute Gasteiger partial charge is 0.507 e. The second-order valence-corrected chi connectivity index (χ2v) is 11.9. The minimum Gasteiger partial charge on any atom is -0.507 e. The van der Waals surface area contributed by atoms with Crippen molar-refractivity contribution in [3.05, 3.63) is 188 Å². The van der Waals surface area contributed by atoms with Crippen molar-refractivity contribution in [2.45, 2.75) is 0 Å². The van der Waals surface area contributed by atoms with Gasteiger partial charge in [0.1, 0.15) is 16.9 Å². The first-order valence-electron chi connectivity index (χ1n) is 25.2. The second kappa shape index (κ2) is 12.2. The molecular weight excluding hydrogens is 633 g/mol. The summed E-state index contributed by atoms with van der Waals surface area (Å²) >= 11 is 0. The van der Waals surface area contributed by atoms with E-state index >= 15 is 0 Å². The summed E-state index contributed by atoms with van der Waals surface area (Å²) in [5.41, 5.74) is -1.95. The van der Waals surface area contributed by atoms with Gasteiger partial charge in [0.2, 0.25) is 0 Å². The first kappa shape index (κ1) is 16.9. The molecule has 0 amide bonds. The van der Waals surface area contributed by atoms with Gasteiger partial charge in [0, 0.05) is 27.5 Å². The van der Waals surface area contributed by atoms with Crippen molar-refractivity contribution < 1.29 is 34.2 Å². The van der Waals surface area contributed by atoms with Gasteiger partial charge >= 0.3 is 0 Å². The van der Waals surface area contributed by atoms with Gasteiger partial charge in [-0.3, -0.25) is 0 Å². The smallest absolute Gasteiger partial charge is 0.136 e. The fraction of sp³-hybridized carbons (Fsp3) is 0. The standard InChI is InChI=1S/C50H32O2/c51-50-42(29-28-36(33-17-6-2-7-18-33)46(50)34-19-8-3-9-20-34)48-39-23-12-10-21-37(39)47(38-22-11-13-24-40(38)48)41-25-14-26-45-49(41)43-31-35(27-30-44(43)52-45)32-15-4-1-5-16-32/h1-31,51H/i1D,2D,4D,5D,6D,7D,14D,15D,16D,17D,18D,25D,26D,27D,28D,29D,30D,31D. The summed E-state index contributed by atoms with van der Waals surface area (Å²) in [5.74, 6) is -0.554. The van der Waals surface area contributed by atoms with E-state index in [1.165, 1.54) is 0 Å². The highest BCUT2D eigenvalue weighted by Gasteiger charge is 2.24. The lowest BCUT2D eigenvalue weighted by molar-refractivity contribution is 0.479. The van der Waals surface area contributed by atoms with Crippen molar-refractivity contribution in [1.29, 1.82) is 0 Å². The van der Waals surface area contributed by atoms with Gasteiger partial charge in [0.05, 0.1) is 24.7 Å². The minimum atomic E-state index is -0.739. The molecule has 10 aromatic rings. The van der Waals surface area contributed by atoms with Crippen LogP contribution in [0.4, 0.5) is 0 Å². The average Bonchev–Trinajstić information content (AvgIpc) is 3.76. The molecule has 0 aliphatic heterocycles. The summed E-state index contributed by atoms with van der Waals surface area (Å²) in [6.45, 7) is 0. The summed E-state index contributed by atoms with van der Waals surface area (Å²) in [6, 6.07) is 9.88. The SMILES string of the molecule is [2H]c1c([2H])c([2H])c(-c2c([2H])c([2H])c(-c3c4ccccc4c(-c4c([2H])c([2H])c([2H])c5oc6c([2H])c([2H])c(-c7c([2H])c([2H])c([2H])c([2H])c7[2H])c([2H])c6c45)c4ccccc34)c(O)c2-c2ccccc2)c([2H])c1[2H]. The highest BCUT2D eigenvalue weighted by Crippen LogP contribution is 2.51. The Bertz CT molecular complexity index is 3880. The molecule has 52 heavy (non-hydrogen) atoms. The molecule has 1 heterocycles. The number of rotatable bonds is 5. The molecule has 2 heteroatoms. The van der Waals surface area contributed by atoms with E-state index in [-0.39, 0.29) is 55.3 Å². The first-order valence-corrected chi connectivity index (χ1v) is 16.2. The molecule has 0 bridgehead atoms. The van der Waals surface area contributed by atoms with E-state index in [4.69, 9.17) is 23.6 Å². The molecule has 0 fully saturated rings. The topological polar surface area (TPSA) is 33.4 Å². The minimum absolute atomic E-state index is 0.0654. The molecule has 2 nitrogen and oxygen atoms in total. The van der Waals surface area contributed by atoms with Gasteiger partial charge in [0.15, 0.2) is 0 Å². The summed E-state index contributed by atoms with van der Waals surface area (Å²) in [4.78, 5) is 0. The predicted molar refractivity (Wildman–Crippen MR) is 218 cm³/mol. The van der Waals surface area contributed by atoms with E-state index in [0.717, 1.165) is 0 Å². The van der Waals surface area contributed by atoms with E-state index in [9.17, 15) is 10.6 Å². The molecule has 0 radical (unpaired) electrons. The third kappa shape index (κ3) is 4.73. The first-order chi connectivity index (χ1) is 33.2. The second-order valence-electron chi connectivity index (χ2n) is 11.9. The molecule has 0 saturated heterocycles. The van der Waals surface area contributed by atoms with Crippen LogP contribution in [-0.2, 0) is 0 Å². The Hall–Kier alpha value is -6.90. The summed E-state index contributed by atoms with van der Waals surface area (Å²) < 4.78 is 166. The van der Waals surface area contributed by atoms with Crippen molar-refractivity contribution in [3.8, 4) is 61.4 Å². The molecule has 1 N–H and O–H groups in total. The van der Waals surface area contributed by atoms with E-state index in [2.05, 4.69) is 0 Å². The molecule has 244 valence electrons. The third-order valence-corrected chi connectivity index (χ3v) is 9.10. The molecule has 0 aliphatic carbocycles. The van der Waals surface area contributed by atoms with Crippen LogP contribution in [0.3, 0.4) is 0 Å². The van der Waals surface area contributed by atoms with Crippen LogP contribution in [0.25, 0.3) is 99.1 Å². The predicted octanol–water partition coefficient (Wildman–Crippen LogP) is 13.9. The highest BCUT2D eigenvalue weighted by atomic mass is 16.3. The number of phenolic OH excluding ortho intramolecular Hbond substituents is 1. The maximum absolute atomic E-state index is 12.8. The lowest BCUT2D eigenvalue weighted by atomic mass is 9.83. The fourth-order valence-corrected chi connectivity index (χ4v) is 6.93. The number of fused-ring (bicyclic) bond motifs is 5. The molecule has 0 spiro atoms. The van der Waals surface area contributed by atoms with Gasteiger partial charge in [-0.15, -0.1) is 0 Å². The van der Waals surface area contributed by atoms with Crippen LogP contribution < -0.4 is 0 Å². The van der Waals surface area contributed by atoms with Gasteiger partial charge in [-0.2, -0.15) is 0 Å². The van der Waals surface area contributed by atoms with Gasteiger partial charge in [-0.25, -0.2) is 0 Å². The van der Waals surface area contributed by atoms with Gasteiger partial charge < -0.3 is 9.52 Å². The van der Waals surface area contributed by atoms with Crippen LogP contribution in [0.2, 0.25) is 0 Å². The number of hydrogen-bond donors (Lipinski definition) is 1. The van der Waals surface area contributed by atoms with Crippen molar-refractivity contribution in [2.24, 2.45) is 0 Å². The Balaban J connectivity index is 1.38. The van der Waals surface area contributed by atoms with Crippen LogP contribution >= 0.6 is 0 Å². The molecule has 0 atom stereocenters. The zero-order chi connectivity index (χ0) is 50.3.